The van der Waals surface area contributed by atoms with Crippen LogP contribution in [0.4, 0.5) is 0 Å². The summed E-state index contributed by atoms with van der Waals surface area (Å²) in [5.41, 5.74) is 0.787. The number of fused-ring (bicyclic) bond motifs is 13. The number of ketones is 1. The van der Waals surface area contributed by atoms with E-state index in [0.29, 0.717) is 13.0 Å². The third-order valence-corrected chi connectivity index (χ3v) is 9.67. The minimum atomic E-state index is -1.28. The molecule has 4 heteroatoms. The van der Waals surface area contributed by atoms with E-state index in [1.54, 1.807) is 0 Å². The van der Waals surface area contributed by atoms with Gasteiger partial charge in [0.05, 0.1) is 22.7 Å². The molecule has 0 spiro atoms. The van der Waals surface area contributed by atoms with E-state index < -0.39 is 22.7 Å². The van der Waals surface area contributed by atoms with Crippen molar-refractivity contribution < 1.29 is 14.4 Å². The van der Waals surface area contributed by atoms with E-state index in [9.17, 15) is 9.59 Å². The van der Waals surface area contributed by atoms with Gasteiger partial charge in [-0.05, 0) is 50.2 Å². The zero-order valence-corrected chi connectivity index (χ0v) is 22.1. The standard InChI is InChI=1S/C36H27NO3/c1-2-21-37-32(38)30-31(33(37)39)36(23-15-7-4-8-16-23)29-27-20-12-10-18-25(27)24-17-9-11-19-26(24)28(29)35(30,34(36)40)22-13-5-3-6-14-22/h3-20,30-31H,2,21H2,1H3/t30-,31+,35+,36-. The monoisotopic (exact) mass is 521 g/mol. The second-order valence-electron chi connectivity index (χ2n) is 11.3. The van der Waals surface area contributed by atoms with E-state index in [1.165, 1.54) is 4.90 Å². The molecule has 2 fully saturated rings. The number of Topliss-reactive ketones (excluding diaryl/α,β-unsaturated/α-hetero) is 1. The lowest BCUT2D eigenvalue weighted by atomic mass is 9.59. The number of carbonyl (C=O) groups is 3. The van der Waals surface area contributed by atoms with Crippen LogP contribution in [-0.4, -0.2) is 29.0 Å². The maximum Gasteiger partial charge on any atom is 0.234 e. The number of rotatable bonds is 4. The Bertz CT molecular complexity index is 1760. The molecule has 40 heavy (non-hydrogen) atoms. The van der Waals surface area contributed by atoms with Crippen LogP contribution >= 0.6 is 0 Å². The minimum Gasteiger partial charge on any atom is -0.297 e. The van der Waals surface area contributed by atoms with Gasteiger partial charge in [0.1, 0.15) is 0 Å². The Labute approximate surface area is 232 Å². The molecule has 0 aromatic heterocycles. The predicted molar refractivity (Wildman–Crippen MR) is 155 cm³/mol. The Balaban J connectivity index is 1.66. The highest BCUT2D eigenvalue weighted by Crippen LogP contribution is 2.72. The number of carbonyl (C=O) groups excluding carboxylic acids is 3. The minimum absolute atomic E-state index is 0.0539. The predicted octanol–water partition coefficient (Wildman–Crippen LogP) is 6.17. The summed E-state index contributed by atoms with van der Waals surface area (Å²) in [6.07, 6.45) is 0.667. The van der Waals surface area contributed by atoms with Crippen molar-refractivity contribution in [2.24, 2.45) is 11.8 Å². The summed E-state index contributed by atoms with van der Waals surface area (Å²) >= 11 is 0. The van der Waals surface area contributed by atoms with Crippen molar-refractivity contribution in [3.05, 3.63) is 131 Å². The molecule has 3 aliphatic rings. The van der Waals surface area contributed by atoms with Crippen LogP contribution in [-0.2, 0) is 25.2 Å². The van der Waals surface area contributed by atoms with Gasteiger partial charge >= 0.3 is 0 Å². The Morgan fingerprint density at radius 1 is 0.550 bits per heavy atom. The van der Waals surface area contributed by atoms with Crippen molar-refractivity contribution in [1.82, 2.24) is 4.90 Å². The van der Waals surface area contributed by atoms with Crippen molar-refractivity contribution in [1.29, 1.82) is 0 Å². The second kappa shape index (κ2) is 7.98. The zero-order valence-electron chi connectivity index (χ0n) is 22.1. The van der Waals surface area contributed by atoms with E-state index in [4.69, 9.17) is 0 Å². The Morgan fingerprint density at radius 2 is 0.925 bits per heavy atom. The molecule has 0 radical (unpaired) electrons. The summed E-state index contributed by atoms with van der Waals surface area (Å²) < 4.78 is 0. The normalized spacial score (nSPS) is 26.6. The molecule has 4 nitrogen and oxygen atoms in total. The summed E-state index contributed by atoms with van der Waals surface area (Å²) in [7, 11) is 0. The molecule has 4 atom stereocenters. The van der Waals surface area contributed by atoms with Gasteiger partial charge in [0, 0.05) is 6.54 Å². The lowest BCUT2D eigenvalue weighted by molar-refractivity contribution is -0.143. The number of nitrogens with zero attached hydrogens (tertiary/aromatic N) is 1. The van der Waals surface area contributed by atoms with Crippen LogP contribution in [0, 0.1) is 11.8 Å². The third kappa shape index (κ3) is 2.42. The van der Waals surface area contributed by atoms with Crippen LogP contribution in [0.2, 0.25) is 0 Å². The fourth-order valence-corrected chi connectivity index (χ4v) is 8.45. The van der Waals surface area contributed by atoms with Gasteiger partial charge in [-0.3, -0.25) is 19.3 Å². The second-order valence-corrected chi connectivity index (χ2v) is 11.3. The number of hydrogen-bond donors (Lipinski definition) is 0. The number of amides is 2. The summed E-state index contributed by atoms with van der Waals surface area (Å²) in [5.74, 6) is -2.12. The average Bonchev–Trinajstić information content (AvgIpc) is 3.51. The summed E-state index contributed by atoms with van der Waals surface area (Å²) in [6.45, 7) is 2.33. The van der Waals surface area contributed by atoms with Gasteiger partial charge in [-0.2, -0.15) is 0 Å². The first-order chi connectivity index (χ1) is 19.6. The van der Waals surface area contributed by atoms with Crippen molar-refractivity contribution >= 4 is 39.1 Å². The molecule has 2 aliphatic carbocycles. The topological polar surface area (TPSA) is 54.5 Å². The van der Waals surface area contributed by atoms with E-state index in [0.717, 1.165) is 43.8 Å². The molecule has 8 rings (SSSR count). The Morgan fingerprint density at radius 3 is 1.32 bits per heavy atom. The molecule has 1 saturated heterocycles. The van der Waals surface area contributed by atoms with Crippen LogP contribution in [0.25, 0.3) is 21.5 Å². The molecule has 1 heterocycles. The molecule has 0 unspecified atom stereocenters. The van der Waals surface area contributed by atoms with Gasteiger partial charge in [0.25, 0.3) is 0 Å². The van der Waals surface area contributed by atoms with Crippen molar-refractivity contribution in [2.45, 2.75) is 24.2 Å². The number of benzene rings is 5. The first kappa shape index (κ1) is 23.3. The molecule has 2 amide bonds. The van der Waals surface area contributed by atoms with Crippen molar-refractivity contribution in [3.8, 4) is 0 Å². The summed E-state index contributed by atoms with van der Waals surface area (Å²) in [4.78, 5) is 45.9. The third-order valence-electron chi connectivity index (χ3n) is 9.67. The van der Waals surface area contributed by atoms with Crippen molar-refractivity contribution in [3.63, 3.8) is 0 Å². The maximum atomic E-state index is 15.6. The molecule has 5 aromatic rings. The first-order valence-electron chi connectivity index (χ1n) is 14.0. The van der Waals surface area contributed by atoms with Gasteiger partial charge < -0.3 is 0 Å². The van der Waals surface area contributed by atoms with E-state index in [-0.39, 0.29) is 17.6 Å². The number of imide groups is 1. The Hall–Kier alpha value is -4.57. The largest absolute Gasteiger partial charge is 0.297 e. The van der Waals surface area contributed by atoms with Gasteiger partial charge in [0.15, 0.2) is 5.78 Å². The fraction of sp³-hybridized carbons (Fsp3) is 0.194. The molecule has 0 N–H and O–H groups in total. The highest BCUT2D eigenvalue weighted by molar-refractivity contribution is 6.29. The molecule has 194 valence electrons. The molecular weight excluding hydrogens is 494 g/mol. The van der Waals surface area contributed by atoms with Crippen LogP contribution in [0.5, 0.6) is 0 Å². The highest BCUT2D eigenvalue weighted by Gasteiger charge is 2.82. The molecule has 1 saturated carbocycles. The number of likely N-dealkylation sites (tertiary alicyclic amines) is 1. The highest BCUT2D eigenvalue weighted by atomic mass is 16.2. The van der Waals surface area contributed by atoms with Gasteiger partial charge in [0.2, 0.25) is 11.8 Å². The van der Waals surface area contributed by atoms with E-state index in [1.807, 2.05) is 91.9 Å². The lowest BCUT2D eigenvalue weighted by Crippen LogP contribution is -2.45. The fourth-order valence-electron chi connectivity index (χ4n) is 8.45. The first-order valence-corrected chi connectivity index (χ1v) is 14.0. The number of hydrogen-bond acceptors (Lipinski definition) is 3. The van der Waals surface area contributed by atoms with E-state index in [2.05, 4.69) is 24.3 Å². The van der Waals surface area contributed by atoms with Crippen LogP contribution in [0.3, 0.4) is 0 Å². The average molecular weight is 522 g/mol. The van der Waals surface area contributed by atoms with Gasteiger partial charge in [-0.1, -0.05) is 116 Å². The van der Waals surface area contributed by atoms with Gasteiger partial charge in [-0.25, -0.2) is 0 Å². The maximum absolute atomic E-state index is 15.6. The zero-order chi connectivity index (χ0) is 27.2. The van der Waals surface area contributed by atoms with Crippen LogP contribution in [0.1, 0.15) is 35.6 Å². The van der Waals surface area contributed by atoms with E-state index >= 15 is 4.79 Å². The lowest BCUT2D eigenvalue weighted by Gasteiger charge is -2.38. The molecule has 1 aliphatic heterocycles. The Kier molecular flexibility index (Phi) is 4.66. The molecule has 2 bridgehead atoms. The SMILES string of the molecule is CCCN1C(=O)[C@@H]2[C@H](C1=O)[C@@]1(c3ccccc3)C(=O)[C@]2(c2ccccc2)c2c1c1ccccc1c1ccccc21. The summed E-state index contributed by atoms with van der Waals surface area (Å²) in [5, 5.41) is 4.04. The van der Waals surface area contributed by atoms with Crippen LogP contribution < -0.4 is 0 Å². The van der Waals surface area contributed by atoms with Crippen molar-refractivity contribution in [2.75, 3.05) is 6.54 Å². The molecule has 5 aromatic carbocycles. The molecular formula is C36H27NO3. The smallest absolute Gasteiger partial charge is 0.234 e. The quantitative estimate of drug-likeness (QED) is 0.210. The summed E-state index contributed by atoms with van der Waals surface area (Å²) in [6, 6.07) is 35.9. The van der Waals surface area contributed by atoms with Gasteiger partial charge in [-0.15, -0.1) is 0 Å². The van der Waals surface area contributed by atoms with Crippen LogP contribution in [0.15, 0.2) is 109 Å².